The quantitative estimate of drug-likeness (QED) is 0.233. The Morgan fingerprint density at radius 1 is 0.919 bits per heavy atom. The van der Waals surface area contributed by atoms with Crippen molar-refractivity contribution in [3.63, 3.8) is 0 Å². The number of pyridine rings is 1. The molecule has 4 aromatic rings. The Morgan fingerprint density at radius 2 is 1.62 bits per heavy atom. The topological polar surface area (TPSA) is 123 Å². The Morgan fingerprint density at radius 3 is 2.27 bits per heavy atom. The van der Waals surface area contributed by atoms with Gasteiger partial charge in [-0.3, -0.25) is 0 Å². The van der Waals surface area contributed by atoms with Gasteiger partial charge in [0.1, 0.15) is 22.8 Å². The molecule has 0 amide bonds. The van der Waals surface area contributed by atoms with Crippen molar-refractivity contribution in [3.8, 4) is 45.7 Å². The van der Waals surface area contributed by atoms with Gasteiger partial charge in [0.2, 0.25) is 11.8 Å². The summed E-state index contributed by atoms with van der Waals surface area (Å²) in [7, 11) is 3.08. The smallest absolute Gasteiger partial charge is 0.257 e. The van der Waals surface area contributed by atoms with Gasteiger partial charge < -0.3 is 29.4 Å². The van der Waals surface area contributed by atoms with Crippen LogP contribution >= 0.6 is 11.6 Å². The highest BCUT2D eigenvalue weighted by Gasteiger charge is 2.28. The molecule has 0 spiro atoms. The number of unbranched alkanes of at least 4 members (excludes halogenated alkanes) is 1. The fourth-order valence-corrected chi connectivity index (χ4v) is 4.16. The summed E-state index contributed by atoms with van der Waals surface area (Å²) in [6.07, 6.45) is 2.24. The number of aryl methyl sites for hydroxylation is 1. The molecule has 4 rings (SSSR count). The predicted molar refractivity (Wildman–Crippen MR) is 140 cm³/mol. The second-order valence-corrected chi connectivity index (χ2v) is 8.79. The minimum absolute atomic E-state index is 0.0528. The molecule has 0 aliphatic rings. The van der Waals surface area contributed by atoms with Gasteiger partial charge in [-0.2, -0.15) is 0 Å². The minimum atomic E-state index is -0.398. The van der Waals surface area contributed by atoms with Crippen molar-refractivity contribution < 1.29 is 24.1 Å². The average molecular weight is 525 g/mol. The highest BCUT2D eigenvalue weighted by Crippen LogP contribution is 2.49. The molecule has 0 fully saturated rings. The summed E-state index contributed by atoms with van der Waals surface area (Å²) < 4.78 is 16.9. The van der Waals surface area contributed by atoms with Gasteiger partial charge in [0.05, 0.1) is 37.6 Å². The zero-order valence-electron chi connectivity index (χ0n) is 20.9. The van der Waals surface area contributed by atoms with Gasteiger partial charge in [0.15, 0.2) is 0 Å². The summed E-state index contributed by atoms with van der Waals surface area (Å²) >= 11 is 5.93. The lowest BCUT2D eigenvalue weighted by Crippen LogP contribution is -2.12. The van der Waals surface area contributed by atoms with Crippen LogP contribution in [0.5, 0.6) is 23.1 Å². The molecule has 10 heteroatoms. The van der Waals surface area contributed by atoms with Gasteiger partial charge in [0, 0.05) is 11.6 Å². The molecule has 0 bridgehead atoms. The summed E-state index contributed by atoms with van der Waals surface area (Å²) in [4.78, 5) is 4.42. The summed E-state index contributed by atoms with van der Waals surface area (Å²) in [6, 6.07) is 12.8. The third kappa shape index (κ3) is 5.79. The van der Waals surface area contributed by atoms with Crippen LogP contribution in [0.3, 0.4) is 0 Å². The van der Waals surface area contributed by atoms with Crippen molar-refractivity contribution in [1.82, 2.24) is 20.5 Å². The number of nitrogens with one attached hydrogen (secondary N) is 1. The van der Waals surface area contributed by atoms with Crippen LogP contribution in [0.1, 0.15) is 36.9 Å². The van der Waals surface area contributed by atoms with E-state index in [1.807, 2.05) is 24.3 Å². The first-order valence-electron chi connectivity index (χ1n) is 11.9. The molecule has 37 heavy (non-hydrogen) atoms. The highest BCUT2D eigenvalue weighted by atomic mass is 35.5. The second-order valence-electron chi connectivity index (χ2n) is 8.35. The molecular weight excluding hydrogens is 496 g/mol. The van der Waals surface area contributed by atoms with Crippen LogP contribution in [-0.2, 0) is 19.5 Å². The van der Waals surface area contributed by atoms with Crippen molar-refractivity contribution in [2.45, 2.75) is 39.3 Å². The third-order valence-electron chi connectivity index (χ3n) is 5.87. The van der Waals surface area contributed by atoms with E-state index in [9.17, 15) is 10.2 Å². The van der Waals surface area contributed by atoms with E-state index in [2.05, 4.69) is 27.4 Å². The molecule has 2 aromatic carbocycles. The number of methoxy groups -OCH3 is 2. The molecule has 0 aliphatic carbocycles. The summed E-state index contributed by atoms with van der Waals surface area (Å²) in [6.45, 7) is 2.90. The molecule has 0 unspecified atom stereocenters. The van der Waals surface area contributed by atoms with Crippen LogP contribution < -0.4 is 14.8 Å². The molecule has 0 aliphatic heterocycles. The number of halogens is 1. The van der Waals surface area contributed by atoms with Crippen LogP contribution in [-0.4, -0.2) is 39.6 Å². The molecule has 0 atom stereocenters. The normalized spacial score (nSPS) is 11.0. The van der Waals surface area contributed by atoms with Gasteiger partial charge in [-0.15, -0.1) is 10.2 Å². The number of hydrogen-bond donors (Lipinski definition) is 3. The first kappa shape index (κ1) is 26.2. The first-order chi connectivity index (χ1) is 18.0. The third-order valence-corrected chi connectivity index (χ3v) is 6.12. The number of aromatic nitrogens is 3. The molecular formula is C27H29ClN4O5. The van der Waals surface area contributed by atoms with E-state index in [1.54, 1.807) is 18.2 Å². The number of rotatable bonds is 11. The number of ether oxygens (including phenoxy) is 2. The zero-order chi connectivity index (χ0) is 26.4. The average Bonchev–Trinajstić information content (AvgIpc) is 3.36. The lowest BCUT2D eigenvalue weighted by atomic mass is 9.95. The van der Waals surface area contributed by atoms with Crippen LogP contribution in [0.2, 0.25) is 5.02 Å². The van der Waals surface area contributed by atoms with E-state index >= 15 is 0 Å². The van der Waals surface area contributed by atoms with E-state index in [4.69, 9.17) is 25.5 Å². The molecule has 2 heterocycles. The monoisotopic (exact) mass is 524 g/mol. The van der Waals surface area contributed by atoms with Crippen molar-refractivity contribution >= 4 is 11.6 Å². The van der Waals surface area contributed by atoms with Gasteiger partial charge >= 0.3 is 0 Å². The second kappa shape index (κ2) is 11.9. The van der Waals surface area contributed by atoms with E-state index in [0.717, 1.165) is 18.4 Å². The number of nitrogens with zero attached hydrogens (tertiary/aromatic N) is 3. The van der Waals surface area contributed by atoms with Gasteiger partial charge in [-0.25, -0.2) is 4.98 Å². The van der Waals surface area contributed by atoms with Crippen LogP contribution in [0.4, 0.5) is 0 Å². The van der Waals surface area contributed by atoms with Crippen LogP contribution in [0, 0.1) is 0 Å². The molecule has 0 saturated carbocycles. The van der Waals surface area contributed by atoms with Gasteiger partial charge in [0.25, 0.3) is 5.89 Å². The summed E-state index contributed by atoms with van der Waals surface area (Å²) in [5, 5.41) is 34.3. The molecule has 9 nitrogen and oxygen atoms in total. The first-order valence-corrected chi connectivity index (χ1v) is 12.3. The zero-order valence-corrected chi connectivity index (χ0v) is 21.7. The summed E-state index contributed by atoms with van der Waals surface area (Å²) in [5.74, 6) is 0.570. The largest absolute Gasteiger partial charge is 0.506 e. The Hall–Kier alpha value is -3.82. The molecule has 0 radical (unpaired) electrons. The van der Waals surface area contributed by atoms with Crippen LogP contribution in [0.15, 0.2) is 46.9 Å². The van der Waals surface area contributed by atoms with E-state index < -0.39 is 5.88 Å². The standard InChI is InChI=1S/C27H29ClN4O5/c1-4-5-7-18-22(23-19(35-2)8-6-9-20(23)36-3)25(33)24(26(34)30-18)27-32-31-21(37-27)15-29-14-16-10-12-17(28)13-11-16/h6,8-13,29H,4-5,7,14-15H2,1-3H3,(H2,30,33,34). The van der Waals surface area contributed by atoms with E-state index in [0.29, 0.717) is 46.3 Å². The maximum atomic E-state index is 11.5. The number of aromatic hydroxyl groups is 2. The summed E-state index contributed by atoms with van der Waals surface area (Å²) in [5.41, 5.74) is 2.40. The van der Waals surface area contributed by atoms with Crippen molar-refractivity contribution in [3.05, 3.63) is 64.6 Å². The van der Waals surface area contributed by atoms with Crippen molar-refractivity contribution in [2.75, 3.05) is 14.2 Å². The SMILES string of the molecule is CCCCc1nc(O)c(-c2nnc(CNCc3ccc(Cl)cc3)o2)c(O)c1-c1c(OC)cccc1OC. The molecule has 194 valence electrons. The lowest BCUT2D eigenvalue weighted by Gasteiger charge is -2.18. The lowest BCUT2D eigenvalue weighted by molar-refractivity contribution is 0.395. The van der Waals surface area contributed by atoms with Crippen molar-refractivity contribution in [2.24, 2.45) is 0 Å². The Labute approximate surface area is 220 Å². The fourth-order valence-electron chi connectivity index (χ4n) is 4.03. The van der Waals surface area contributed by atoms with Gasteiger partial charge in [-0.1, -0.05) is 43.1 Å². The molecule has 3 N–H and O–H groups in total. The molecule has 2 aromatic heterocycles. The Balaban J connectivity index is 1.70. The Kier molecular flexibility index (Phi) is 8.47. The van der Waals surface area contributed by atoms with E-state index in [-0.39, 0.29) is 29.6 Å². The van der Waals surface area contributed by atoms with Gasteiger partial charge in [-0.05, 0) is 42.7 Å². The number of benzene rings is 2. The Bertz CT molecular complexity index is 1340. The molecule has 0 saturated heterocycles. The predicted octanol–water partition coefficient (Wildman–Crippen LogP) is 5.51. The maximum absolute atomic E-state index is 11.5. The van der Waals surface area contributed by atoms with Crippen LogP contribution in [0.25, 0.3) is 22.6 Å². The van der Waals surface area contributed by atoms with Crippen molar-refractivity contribution in [1.29, 1.82) is 0 Å². The fraction of sp³-hybridized carbons (Fsp3) is 0.296. The van der Waals surface area contributed by atoms with E-state index in [1.165, 1.54) is 14.2 Å². The maximum Gasteiger partial charge on any atom is 0.257 e. The minimum Gasteiger partial charge on any atom is -0.506 e. The highest BCUT2D eigenvalue weighted by molar-refractivity contribution is 6.30. The number of hydrogen-bond acceptors (Lipinski definition) is 9.